The number of aliphatic hydroxyl groups is 1. The van der Waals surface area contributed by atoms with Gasteiger partial charge in [-0.25, -0.2) is 9.97 Å². The maximum atomic E-state index is 12.8. The molecule has 0 radical (unpaired) electrons. The number of fused-ring (bicyclic) bond motifs is 1. The van der Waals surface area contributed by atoms with Gasteiger partial charge in [-0.15, -0.1) is 0 Å². The van der Waals surface area contributed by atoms with Gasteiger partial charge in [0.25, 0.3) is 0 Å². The number of amides is 1. The zero-order chi connectivity index (χ0) is 18.1. The molecule has 3 atom stereocenters. The second-order valence-corrected chi connectivity index (χ2v) is 6.93. The molecule has 1 aromatic carbocycles. The lowest BCUT2D eigenvalue weighted by Crippen LogP contribution is -2.50. The van der Waals surface area contributed by atoms with E-state index >= 15 is 0 Å². The molecule has 0 aliphatic heterocycles. The summed E-state index contributed by atoms with van der Waals surface area (Å²) in [5.74, 6) is -0.0246. The van der Waals surface area contributed by atoms with Crippen LogP contribution in [-0.2, 0) is 11.3 Å². The molecule has 1 N–H and O–H groups in total. The fourth-order valence-electron chi connectivity index (χ4n) is 3.93. The van der Waals surface area contributed by atoms with Crippen LogP contribution in [-0.4, -0.2) is 54.2 Å². The van der Waals surface area contributed by atoms with E-state index in [0.29, 0.717) is 0 Å². The van der Waals surface area contributed by atoms with Crippen LogP contribution in [0.4, 0.5) is 0 Å². The maximum Gasteiger partial charge on any atom is 0.242 e. The third kappa shape index (κ3) is 2.99. The molecule has 26 heavy (non-hydrogen) atoms. The van der Waals surface area contributed by atoms with Gasteiger partial charge < -0.3 is 19.1 Å². The van der Waals surface area contributed by atoms with Gasteiger partial charge in [-0.3, -0.25) is 4.79 Å². The molecule has 2 aromatic heterocycles. The van der Waals surface area contributed by atoms with Gasteiger partial charge in [0.1, 0.15) is 6.54 Å². The van der Waals surface area contributed by atoms with Gasteiger partial charge in [0.05, 0.1) is 41.9 Å². The summed E-state index contributed by atoms with van der Waals surface area (Å²) in [6.07, 6.45) is 9.08. The lowest BCUT2D eigenvalue weighted by molar-refractivity contribution is -0.137. The van der Waals surface area contributed by atoms with Crippen molar-refractivity contribution >= 4 is 16.9 Å². The highest BCUT2D eigenvalue weighted by molar-refractivity contribution is 5.80. The highest BCUT2D eigenvalue weighted by atomic mass is 16.3. The van der Waals surface area contributed by atoms with E-state index in [1.807, 2.05) is 39.6 Å². The van der Waals surface area contributed by atoms with Gasteiger partial charge in [0.2, 0.25) is 5.91 Å². The lowest BCUT2D eigenvalue weighted by Gasteiger charge is -2.40. The molecule has 2 heterocycles. The van der Waals surface area contributed by atoms with Crippen molar-refractivity contribution in [3.63, 3.8) is 0 Å². The molecule has 136 valence electrons. The van der Waals surface area contributed by atoms with Gasteiger partial charge in [0.15, 0.2) is 0 Å². The summed E-state index contributed by atoms with van der Waals surface area (Å²) < 4.78 is 3.80. The van der Waals surface area contributed by atoms with E-state index in [0.717, 1.165) is 30.3 Å². The minimum Gasteiger partial charge on any atom is -0.389 e. The minimum absolute atomic E-state index is 0.0246. The molecular formula is C19H23N5O2. The number of hydrogen-bond donors (Lipinski definition) is 1. The second-order valence-electron chi connectivity index (χ2n) is 6.93. The Labute approximate surface area is 151 Å². The first-order chi connectivity index (χ1) is 12.6. The molecule has 0 unspecified atom stereocenters. The van der Waals surface area contributed by atoms with Gasteiger partial charge in [-0.1, -0.05) is 12.1 Å². The number of carbonyl (C=O) groups is 1. The zero-order valence-corrected chi connectivity index (χ0v) is 14.8. The number of carbonyl (C=O) groups excluding carboxylic acids is 1. The monoisotopic (exact) mass is 353 g/mol. The summed E-state index contributed by atoms with van der Waals surface area (Å²) in [5, 5.41) is 10.9. The van der Waals surface area contributed by atoms with Crippen molar-refractivity contribution in [2.45, 2.75) is 44.0 Å². The molecular weight excluding hydrogens is 330 g/mol. The number of benzene rings is 1. The Morgan fingerprint density at radius 1 is 1.31 bits per heavy atom. The minimum atomic E-state index is -0.605. The van der Waals surface area contributed by atoms with E-state index < -0.39 is 6.10 Å². The Morgan fingerprint density at radius 3 is 2.96 bits per heavy atom. The largest absolute Gasteiger partial charge is 0.389 e. The number of para-hydroxylation sites is 2. The highest BCUT2D eigenvalue weighted by Crippen LogP contribution is 2.31. The number of rotatable bonds is 4. The summed E-state index contributed by atoms with van der Waals surface area (Å²) >= 11 is 0. The topological polar surface area (TPSA) is 76.2 Å². The van der Waals surface area contributed by atoms with Crippen molar-refractivity contribution in [2.24, 2.45) is 0 Å². The van der Waals surface area contributed by atoms with Crippen LogP contribution in [0, 0.1) is 0 Å². The van der Waals surface area contributed by atoms with Crippen LogP contribution in [0.3, 0.4) is 0 Å². The van der Waals surface area contributed by atoms with Crippen LogP contribution in [0.1, 0.15) is 25.3 Å². The highest BCUT2D eigenvalue weighted by Gasteiger charge is 2.36. The first-order valence-corrected chi connectivity index (χ1v) is 8.96. The smallest absolute Gasteiger partial charge is 0.242 e. The summed E-state index contributed by atoms with van der Waals surface area (Å²) in [6.45, 7) is 0.218. The molecule has 1 aliphatic carbocycles. The average Bonchev–Trinajstić information content (AvgIpc) is 3.32. The van der Waals surface area contributed by atoms with Crippen molar-refractivity contribution in [3.8, 4) is 0 Å². The number of nitrogens with zero attached hydrogens (tertiary/aromatic N) is 5. The Bertz CT molecular complexity index is 888. The molecule has 1 saturated carbocycles. The summed E-state index contributed by atoms with van der Waals surface area (Å²) in [6, 6.07) is 7.53. The molecule has 0 bridgehead atoms. The Balaban J connectivity index is 1.49. The van der Waals surface area contributed by atoms with Crippen LogP contribution in [0.15, 0.2) is 49.3 Å². The van der Waals surface area contributed by atoms with E-state index in [9.17, 15) is 9.90 Å². The summed E-state index contributed by atoms with van der Waals surface area (Å²) in [4.78, 5) is 22.9. The third-order valence-electron chi connectivity index (χ3n) is 5.42. The Kier molecular flexibility index (Phi) is 4.46. The van der Waals surface area contributed by atoms with Crippen LogP contribution >= 0.6 is 0 Å². The van der Waals surface area contributed by atoms with E-state index in [4.69, 9.17) is 0 Å². The number of hydrogen-bond acceptors (Lipinski definition) is 4. The van der Waals surface area contributed by atoms with E-state index in [2.05, 4.69) is 9.97 Å². The fraction of sp³-hybridized carbons (Fsp3) is 0.421. The van der Waals surface area contributed by atoms with Crippen LogP contribution < -0.4 is 0 Å². The third-order valence-corrected chi connectivity index (χ3v) is 5.42. The standard InChI is InChI=1S/C19H23N5O2/c1-22(16-7-4-8-17(19(16)26)23-10-9-20-12-23)18(25)11-24-13-21-14-5-2-3-6-15(14)24/h2-3,5-6,9-10,12-13,16-17,19,26H,4,7-8,11H2,1H3/t16-,17-,19-/m1/s1. The number of aliphatic hydroxyl groups excluding tert-OH is 1. The molecule has 3 aromatic rings. The van der Waals surface area contributed by atoms with Crippen molar-refractivity contribution in [2.75, 3.05) is 7.05 Å². The van der Waals surface area contributed by atoms with Crippen LogP contribution in [0.25, 0.3) is 11.0 Å². The quantitative estimate of drug-likeness (QED) is 0.777. The Morgan fingerprint density at radius 2 is 2.15 bits per heavy atom. The Hall–Kier alpha value is -2.67. The predicted octanol–water partition coefficient (Wildman–Crippen LogP) is 1.85. The molecule has 0 saturated heterocycles. The average molecular weight is 353 g/mol. The van der Waals surface area contributed by atoms with Crippen LogP contribution in [0.5, 0.6) is 0 Å². The normalized spacial score (nSPS) is 23.2. The number of imidazole rings is 2. The maximum absolute atomic E-state index is 12.8. The van der Waals surface area contributed by atoms with Crippen molar-refractivity contribution in [1.29, 1.82) is 0 Å². The van der Waals surface area contributed by atoms with Crippen molar-refractivity contribution < 1.29 is 9.90 Å². The van der Waals surface area contributed by atoms with E-state index in [-0.39, 0.29) is 24.5 Å². The van der Waals surface area contributed by atoms with Crippen molar-refractivity contribution in [1.82, 2.24) is 24.0 Å². The number of likely N-dealkylation sites (N-methyl/N-ethyl adjacent to an activating group) is 1. The molecule has 1 amide bonds. The first-order valence-electron chi connectivity index (χ1n) is 8.96. The lowest BCUT2D eigenvalue weighted by atomic mass is 9.87. The summed E-state index contributed by atoms with van der Waals surface area (Å²) in [5.41, 5.74) is 1.82. The van der Waals surface area contributed by atoms with Gasteiger partial charge in [-0.2, -0.15) is 0 Å². The molecule has 0 spiro atoms. The SMILES string of the molecule is CN(C(=O)Cn1cnc2ccccc21)[C@@H]1CCC[C@@H](n2ccnc2)[C@@H]1O. The van der Waals surface area contributed by atoms with E-state index in [1.165, 1.54) is 0 Å². The van der Waals surface area contributed by atoms with Crippen molar-refractivity contribution in [3.05, 3.63) is 49.3 Å². The molecule has 7 nitrogen and oxygen atoms in total. The first kappa shape index (κ1) is 16.8. The fourth-order valence-corrected chi connectivity index (χ4v) is 3.93. The molecule has 1 fully saturated rings. The zero-order valence-electron chi connectivity index (χ0n) is 14.8. The number of aromatic nitrogens is 4. The second kappa shape index (κ2) is 6.92. The predicted molar refractivity (Wildman–Crippen MR) is 97.4 cm³/mol. The van der Waals surface area contributed by atoms with Crippen LogP contribution in [0.2, 0.25) is 0 Å². The van der Waals surface area contributed by atoms with Gasteiger partial charge >= 0.3 is 0 Å². The van der Waals surface area contributed by atoms with Gasteiger partial charge in [0, 0.05) is 19.4 Å². The van der Waals surface area contributed by atoms with E-state index in [1.54, 1.807) is 30.8 Å². The summed E-state index contributed by atoms with van der Waals surface area (Å²) in [7, 11) is 1.78. The molecule has 1 aliphatic rings. The molecule has 4 rings (SSSR count). The molecule has 7 heteroatoms. The van der Waals surface area contributed by atoms with Gasteiger partial charge in [-0.05, 0) is 31.4 Å².